The summed E-state index contributed by atoms with van der Waals surface area (Å²) in [4.78, 5) is 0. The number of sulfone groups is 1. The van der Waals surface area contributed by atoms with Gasteiger partial charge in [0.2, 0.25) is 0 Å². The van der Waals surface area contributed by atoms with E-state index in [1.807, 2.05) is 43.7 Å². The average molecular weight is 381 g/mol. The molecule has 0 aliphatic carbocycles. The van der Waals surface area contributed by atoms with Gasteiger partial charge >= 0.3 is 0 Å². The van der Waals surface area contributed by atoms with Crippen LogP contribution in [0.3, 0.4) is 0 Å². The Morgan fingerprint density at radius 2 is 2.12 bits per heavy atom. The molecule has 6 nitrogen and oxygen atoms in total. The van der Waals surface area contributed by atoms with Crippen molar-refractivity contribution in [3.05, 3.63) is 45.7 Å². The first-order valence-electron chi connectivity index (χ1n) is 8.08. The fourth-order valence-electron chi connectivity index (χ4n) is 3.02. The van der Waals surface area contributed by atoms with Crippen molar-refractivity contribution in [3.8, 4) is 0 Å². The lowest BCUT2D eigenvalue weighted by Crippen LogP contribution is -2.14. The molecule has 2 aromatic rings. The predicted octanol–water partition coefficient (Wildman–Crippen LogP) is 3.27. The molecule has 0 spiro atoms. The maximum absolute atomic E-state index is 11.7. The number of aromatic nitrogens is 2. The number of aryl methyl sites for hydroxylation is 2. The first-order valence-corrected chi connectivity index (χ1v) is 10.3. The van der Waals surface area contributed by atoms with Crippen LogP contribution in [-0.2, 0) is 9.84 Å². The Morgan fingerprint density at radius 1 is 1.36 bits per heavy atom. The molecular weight excluding hydrogens is 360 g/mol. The lowest BCUT2D eigenvalue weighted by molar-refractivity contribution is 0.486. The van der Waals surface area contributed by atoms with Crippen LogP contribution in [0.5, 0.6) is 0 Å². The zero-order valence-corrected chi connectivity index (χ0v) is 16.0. The molecule has 1 fully saturated rings. The molecule has 1 aromatic carbocycles. The molecule has 2 heterocycles. The number of halogens is 1. The van der Waals surface area contributed by atoms with E-state index in [-0.39, 0.29) is 17.5 Å². The van der Waals surface area contributed by atoms with Crippen LogP contribution in [0.2, 0.25) is 5.02 Å². The standard InChI is InChI=1S/C17H21ClN4O2S/c1-11-4-5-14(8-17(11)18)20-19-9-16-12(2)21-22(13(16)3)15-6-7-25(23,24)10-15/h4-5,8-9,15,20H,6-7,10H2,1-3H3/b19-9-/t15-/m1/s1. The summed E-state index contributed by atoms with van der Waals surface area (Å²) >= 11 is 6.10. The highest BCUT2D eigenvalue weighted by Gasteiger charge is 2.31. The van der Waals surface area contributed by atoms with Crippen molar-refractivity contribution in [2.75, 3.05) is 16.9 Å². The SMILES string of the molecule is Cc1ccc(N/N=C\c2c(C)nn([C@@H]3CCS(=O)(=O)C3)c2C)cc1Cl. The Labute approximate surface area is 152 Å². The van der Waals surface area contributed by atoms with Gasteiger partial charge in [0.15, 0.2) is 9.84 Å². The molecule has 0 bridgehead atoms. The summed E-state index contributed by atoms with van der Waals surface area (Å²) in [6.45, 7) is 5.78. The number of benzene rings is 1. The van der Waals surface area contributed by atoms with Crippen LogP contribution in [-0.4, -0.2) is 35.9 Å². The zero-order chi connectivity index (χ0) is 18.2. The quantitative estimate of drug-likeness (QED) is 0.652. The Hall–Kier alpha value is -1.86. The van der Waals surface area contributed by atoms with E-state index in [2.05, 4.69) is 15.6 Å². The number of rotatable bonds is 4. The van der Waals surface area contributed by atoms with Crippen LogP contribution in [0.25, 0.3) is 0 Å². The van der Waals surface area contributed by atoms with Gasteiger partial charge in [-0.15, -0.1) is 0 Å². The van der Waals surface area contributed by atoms with E-state index in [0.29, 0.717) is 11.4 Å². The predicted molar refractivity (Wildman–Crippen MR) is 101 cm³/mol. The van der Waals surface area contributed by atoms with Gasteiger partial charge in [0.05, 0.1) is 35.1 Å². The van der Waals surface area contributed by atoms with Crippen molar-refractivity contribution in [3.63, 3.8) is 0 Å². The zero-order valence-electron chi connectivity index (χ0n) is 14.5. The minimum absolute atomic E-state index is 0.0882. The van der Waals surface area contributed by atoms with Crippen molar-refractivity contribution in [2.24, 2.45) is 5.10 Å². The highest BCUT2D eigenvalue weighted by Crippen LogP contribution is 2.26. The van der Waals surface area contributed by atoms with E-state index >= 15 is 0 Å². The number of nitrogens with one attached hydrogen (secondary N) is 1. The number of nitrogens with zero attached hydrogens (tertiary/aromatic N) is 3. The molecule has 1 aliphatic rings. The second kappa shape index (κ2) is 6.80. The van der Waals surface area contributed by atoms with E-state index in [9.17, 15) is 8.42 Å². The summed E-state index contributed by atoms with van der Waals surface area (Å²) in [7, 11) is -2.94. The van der Waals surface area contributed by atoms with Gasteiger partial charge in [0.1, 0.15) is 0 Å². The number of anilines is 1. The Bertz CT molecular complexity index is 934. The van der Waals surface area contributed by atoms with Gasteiger partial charge in [-0.2, -0.15) is 10.2 Å². The van der Waals surface area contributed by atoms with Crippen LogP contribution in [0.1, 0.15) is 35.0 Å². The fourth-order valence-corrected chi connectivity index (χ4v) is 4.89. The van der Waals surface area contributed by atoms with Crippen LogP contribution < -0.4 is 5.43 Å². The third-order valence-electron chi connectivity index (χ3n) is 4.49. The Morgan fingerprint density at radius 3 is 2.76 bits per heavy atom. The van der Waals surface area contributed by atoms with Crippen molar-refractivity contribution in [1.29, 1.82) is 0 Å². The lowest BCUT2D eigenvalue weighted by Gasteiger charge is -2.10. The van der Waals surface area contributed by atoms with Gasteiger partial charge in [0, 0.05) is 16.3 Å². The molecule has 3 rings (SSSR count). The van der Waals surface area contributed by atoms with Gasteiger partial charge in [-0.25, -0.2) is 8.42 Å². The van der Waals surface area contributed by atoms with Gasteiger partial charge in [-0.05, 0) is 44.9 Å². The van der Waals surface area contributed by atoms with Crippen LogP contribution in [0.15, 0.2) is 23.3 Å². The van der Waals surface area contributed by atoms with Crippen LogP contribution >= 0.6 is 11.6 Å². The summed E-state index contributed by atoms with van der Waals surface area (Å²) in [5, 5.41) is 9.47. The topological polar surface area (TPSA) is 76.3 Å². The molecule has 8 heteroatoms. The van der Waals surface area contributed by atoms with Crippen molar-refractivity contribution in [2.45, 2.75) is 33.2 Å². The third-order valence-corrected chi connectivity index (χ3v) is 6.65. The van der Waals surface area contributed by atoms with E-state index in [1.54, 1.807) is 6.21 Å². The third kappa shape index (κ3) is 3.88. The summed E-state index contributed by atoms with van der Waals surface area (Å²) in [5.74, 6) is 0.390. The molecule has 1 aromatic heterocycles. The van der Waals surface area contributed by atoms with Crippen LogP contribution in [0.4, 0.5) is 5.69 Å². The van der Waals surface area contributed by atoms with Crippen molar-refractivity contribution < 1.29 is 8.42 Å². The van der Waals surface area contributed by atoms with Gasteiger partial charge in [-0.1, -0.05) is 17.7 Å². The highest BCUT2D eigenvalue weighted by molar-refractivity contribution is 7.91. The molecule has 0 unspecified atom stereocenters. The largest absolute Gasteiger partial charge is 0.278 e. The lowest BCUT2D eigenvalue weighted by atomic mass is 10.2. The molecule has 134 valence electrons. The minimum Gasteiger partial charge on any atom is -0.278 e. The highest BCUT2D eigenvalue weighted by atomic mass is 35.5. The van der Waals surface area contributed by atoms with E-state index in [1.165, 1.54) is 0 Å². The molecule has 1 atom stereocenters. The van der Waals surface area contributed by atoms with E-state index < -0.39 is 9.84 Å². The van der Waals surface area contributed by atoms with Crippen LogP contribution in [0, 0.1) is 20.8 Å². The number of hydrogen-bond acceptors (Lipinski definition) is 5. The average Bonchev–Trinajstić information content (AvgIpc) is 3.04. The summed E-state index contributed by atoms with van der Waals surface area (Å²) in [6, 6.07) is 5.57. The van der Waals surface area contributed by atoms with Crippen molar-refractivity contribution >= 4 is 33.3 Å². The molecule has 1 N–H and O–H groups in total. The normalized spacial score (nSPS) is 19.6. The maximum atomic E-state index is 11.7. The monoisotopic (exact) mass is 380 g/mol. The maximum Gasteiger partial charge on any atom is 0.152 e. The fraction of sp³-hybridized carbons (Fsp3) is 0.412. The van der Waals surface area contributed by atoms with E-state index in [4.69, 9.17) is 11.6 Å². The first kappa shape index (κ1) is 17.9. The minimum atomic E-state index is -2.94. The molecule has 0 saturated carbocycles. The molecule has 1 saturated heterocycles. The number of hydrazone groups is 1. The number of hydrogen-bond donors (Lipinski definition) is 1. The Kier molecular flexibility index (Phi) is 4.88. The summed E-state index contributed by atoms with van der Waals surface area (Å²) < 4.78 is 25.2. The second-order valence-electron chi connectivity index (χ2n) is 6.42. The van der Waals surface area contributed by atoms with E-state index in [0.717, 1.165) is 28.2 Å². The second-order valence-corrected chi connectivity index (χ2v) is 9.06. The summed E-state index contributed by atoms with van der Waals surface area (Å²) in [6.07, 6.45) is 2.33. The van der Waals surface area contributed by atoms with Gasteiger partial charge in [-0.3, -0.25) is 10.1 Å². The molecule has 1 aliphatic heterocycles. The molecule has 0 radical (unpaired) electrons. The molecular formula is C17H21ClN4O2S. The van der Waals surface area contributed by atoms with Gasteiger partial charge in [0.25, 0.3) is 0 Å². The summed E-state index contributed by atoms with van der Waals surface area (Å²) in [5.41, 5.74) is 7.42. The van der Waals surface area contributed by atoms with Crippen molar-refractivity contribution in [1.82, 2.24) is 9.78 Å². The molecule has 25 heavy (non-hydrogen) atoms. The van der Waals surface area contributed by atoms with Gasteiger partial charge < -0.3 is 0 Å². The smallest absolute Gasteiger partial charge is 0.152 e. The molecule has 0 amide bonds. The Balaban J connectivity index is 1.77. The first-order chi connectivity index (χ1) is 11.8.